The number of anilines is 1. The molecule has 7 nitrogen and oxygen atoms in total. The van der Waals surface area contributed by atoms with Crippen LogP contribution in [-0.4, -0.2) is 21.2 Å². The van der Waals surface area contributed by atoms with E-state index in [9.17, 15) is 9.18 Å². The normalized spacial score (nSPS) is 11.1. The molecule has 3 heterocycles. The Morgan fingerprint density at radius 2 is 1.74 bits per heavy atom. The van der Waals surface area contributed by atoms with Crippen LogP contribution in [0.4, 0.5) is 10.1 Å². The quantitative estimate of drug-likeness (QED) is 0.584. The minimum absolute atomic E-state index is 0.234. The van der Waals surface area contributed by atoms with Crippen molar-refractivity contribution in [1.82, 2.24) is 15.3 Å². The standard InChI is InChI=1S/C19H15FN4O3/c1-9-16-14(18(25)22-17-10(2)24-26-11(17)3)8-15(21-19(16)27-23-9)12-4-6-13(20)7-5-12/h4-8H,1-3H3,(H,22,25). The van der Waals surface area contributed by atoms with E-state index < -0.39 is 0 Å². The van der Waals surface area contributed by atoms with Crippen molar-refractivity contribution in [2.24, 2.45) is 0 Å². The third-order valence-electron chi connectivity index (χ3n) is 4.27. The van der Waals surface area contributed by atoms with Gasteiger partial charge in [0.25, 0.3) is 11.6 Å². The van der Waals surface area contributed by atoms with Gasteiger partial charge in [0.1, 0.15) is 17.2 Å². The van der Waals surface area contributed by atoms with Gasteiger partial charge in [-0.3, -0.25) is 4.79 Å². The Bertz CT molecular complexity index is 1140. The third kappa shape index (κ3) is 2.95. The number of hydrogen-bond donors (Lipinski definition) is 1. The number of aryl methyl sites for hydroxylation is 3. The van der Waals surface area contributed by atoms with Gasteiger partial charge in [0.2, 0.25) is 0 Å². The summed E-state index contributed by atoms with van der Waals surface area (Å²) in [6, 6.07) is 7.46. The number of benzene rings is 1. The lowest BCUT2D eigenvalue weighted by molar-refractivity contribution is 0.102. The first kappa shape index (κ1) is 16.9. The van der Waals surface area contributed by atoms with Crippen LogP contribution in [0.2, 0.25) is 0 Å². The van der Waals surface area contributed by atoms with E-state index >= 15 is 0 Å². The number of hydrogen-bond acceptors (Lipinski definition) is 6. The average Bonchev–Trinajstić information content (AvgIpc) is 3.18. The summed E-state index contributed by atoms with van der Waals surface area (Å²) in [6.07, 6.45) is 0. The summed E-state index contributed by atoms with van der Waals surface area (Å²) >= 11 is 0. The molecule has 0 bridgehead atoms. The molecule has 0 atom stereocenters. The molecule has 27 heavy (non-hydrogen) atoms. The van der Waals surface area contributed by atoms with Gasteiger partial charge in [-0.15, -0.1) is 0 Å². The van der Waals surface area contributed by atoms with E-state index in [0.717, 1.165) is 0 Å². The number of amides is 1. The SMILES string of the molecule is Cc1noc(C)c1NC(=O)c1cc(-c2ccc(F)cc2)nc2onc(C)c12. The zero-order valence-corrected chi connectivity index (χ0v) is 14.8. The van der Waals surface area contributed by atoms with Gasteiger partial charge in [0, 0.05) is 5.56 Å². The minimum atomic E-state index is -0.369. The summed E-state index contributed by atoms with van der Waals surface area (Å²) in [7, 11) is 0. The largest absolute Gasteiger partial charge is 0.359 e. The van der Waals surface area contributed by atoms with Gasteiger partial charge in [-0.2, -0.15) is 0 Å². The fourth-order valence-electron chi connectivity index (χ4n) is 2.88. The van der Waals surface area contributed by atoms with Crippen LogP contribution < -0.4 is 5.32 Å². The first-order valence-electron chi connectivity index (χ1n) is 8.21. The smallest absolute Gasteiger partial charge is 0.259 e. The van der Waals surface area contributed by atoms with E-state index in [1.807, 2.05) is 0 Å². The molecule has 8 heteroatoms. The maximum Gasteiger partial charge on any atom is 0.259 e. The van der Waals surface area contributed by atoms with Crippen LogP contribution in [-0.2, 0) is 0 Å². The van der Waals surface area contributed by atoms with Gasteiger partial charge in [-0.25, -0.2) is 9.37 Å². The molecule has 1 N–H and O–H groups in total. The third-order valence-corrected chi connectivity index (χ3v) is 4.27. The summed E-state index contributed by atoms with van der Waals surface area (Å²) in [5, 5.41) is 11.1. The molecule has 0 aliphatic carbocycles. The van der Waals surface area contributed by atoms with Crippen LogP contribution in [0.25, 0.3) is 22.4 Å². The van der Waals surface area contributed by atoms with Crippen LogP contribution in [0, 0.1) is 26.6 Å². The highest BCUT2D eigenvalue weighted by atomic mass is 19.1. The number of nitrogens with one attached hydrogen (secondary N) is 1. The highest BCUT2D eigenvalue weighted by Gasteiger charge is 2.21. The van der Waals surface area contributed by atoms with Gasteiger partial charge < -0.3 is 14.4 Å². The molecule has 0 saturated heterocycles. The lowest BCUT2D eigenvalue weighted by atomic mass is 10.0. The second-order valence-electron chi connectivity index (χ2n) is 6.16. The number of pyridine rings is 1. The molecular weight excluding hydrogens is 351 g/mol. The summed E-state index contributed by atoms with van der Waals surface area (Å²) < 4.78 is 23.6. The van der Waals surface area contributed by atoms with Crippen molar-refractivity contribution in [3.63, 3.8) is 0 Å². The van der Waals surface area contributed by atoms with Gasteiger partial charge in [0.05, 0.1) is 22.3 Å². The Hall–Kier alpha value is -3.55. The fourth-order valence-corrected chi connectivity index (χ4v) is 2.88. The summed E-state index contributed by atoms with van der Waals surface area (Å²) in [5.41, 5.74) is 3.35. The summed E-state index contributed by atoms with van der Waals surface area (Å²) in [4.78, 5) is 17.4. The zero-order chi connectivity index (χ0) is 19.1. The Balaban J connectivity index is 1.84. The molecule has 136 valence electrons. The molecule has 0 spiro atoms. The maximum absolute atomic E-state index is 13.2. The first-order valence-corrected chi connectivity index (χ1v) is 8.21. The van der Waals surface area contributed by atoms with Gasteiger partial charge >= 0.3 is 0 Å². The Labute approximate surface area is 153 Å². The highest BCUT2D eigenvalue weighted by Crippen LogP contribution is 2.28. The van der Waals surface area contributed by atoms with E-state index in [1.165, 1.54) is 12.1 Å². The lowest BCUT2D eigenvalue weighted by Crippen LogP contribution is -2.14. The number of fused-ring (bicyclic) bond motifs is 1. The molecule has 1 aromatic carbocycles. The van der Waals surface area contributed by atoms with Crippen molar-refractivity contribution in [3.05, 3.63) is 58.9 Å². The van der Waals surface area contributed by atoms with Gasteiger partial charge in [0.15, 0.2) is 5.76 Å². The maximum atomic E-state index is 13.2. The van der Waals surface area contributed by atoms with E-state index in [-0.39, 0.29) is 17.4 Å². The van der Waals surface area contributed by atoms with Crippen LogP contribution in [0.15, 0.2) is 39.4 Å². The van der Waals surface area contributed by atoms with Gasteiger partial charge in [-0.05, 0) is 51.1 Å². The molecule has 0 saturated carbocycles. The van der Waals surface area contributed by atoms with Crippen molar-refractivity contribution in [2.75, 3.05) is 5.32 Å². The van der Waals surface area contributed by atoms with Crippen LogP contribution in [0.5, 0.6) is 0 Å². The Kier molecular flexibility index (Phi) is 3.95. The summed E-state index contributed by atoms with van der Waals surface area (Å²) in [6.45, 7) is 5.19. The molecule has 0 aliphatic heterocycles. The zero-order valence-electron chi connectivity index (χ0n) is 14.8. The molecule has 0 fully saturated rings. The predicted molar refractivity (Wildman–Crippen MR) is 95.9 cm³/mol. The molecule has 0 radical (unpaired) electrons. The van der Waals surface area contributed by atoms with E-state index in [4.69, 9.17) is 9.05 Å². The fraction of sp³-hybridized carbons (Fsp3) is 0.158. The molecule has 4 aromatic rings. The molecule has 4 rings (SSSR count). The second kappa shape index (κ2) is 6.31. The van der Waals surface area contributed by atoms with Crippen LogP contribution in [0.1, 0.15) is 27.5 Å². The molecule has 0 aliphatic rings. The van der Waals surface area contributed by atoms with Crippen LogP contribution >= 0.6 is 0 Å². The van der Waals surface area contributed by atoms with E-state index in [1.54, 1.807) is 39.0 Å². The predicted octanol–water partition coefficient (Wildman–Crippen LogP) is 4.19. The monoisotopic (exact) mass is 366 g/mol. The average molecular weight is 366 g/mol. The topological polar surface area (TPSA) is 94.1 Å². The number of carbonyl (C=O) groups is 1. The summed E-state index contributed by atoms with van der Waals surface area (Å²) in [5.74, 6) is -0.217. The Morgan fingerprint density at radius 1 is 1.04 bits per heavy atom. The Morgan fingerprint density at radius 3 is 2.41 bits per heavy atom. The first-order chi connectivity index (χ1) is 12.9. The number of nitrogens with zero attached hydrogens (tertiary/aromatic N) is 3. The molecule has 3 aromatic heterocycles. The molecular formula is C19H15FN4O3. The molecule has 0 unspecified atom stereocenters. The van der Waals surface area contributed by atoms with Gasteiger partial charge in [-0.1, -0.05) is 10.3 Å². The number of aromatic nitrogens is 3. The van der Waals surface area contributed by atoms with Crippen molar-refractivity contribution >= 4 is 22.7 Å². The number of rotatable bonds is 3. The minimum Gasteiger partial charge on any atom is -0.359 e. The van der Waals surface area contributed by atoms with Crippen molar-refractivity contribution < 1.29 is 18.2 Å². The van der Waals surface area contributed by atoms with E-state index in [0.29, 0.717) is 45.0 Å². The van der Waals surface area contributed by atoms with E-state index in [2.05, 4.69) is 20.6 Å². The lowest BCUT2D eigenvalue weighted by Gasteiger charge is -2.08. The second-order valence-corrected chi connectivity index (χ2v) is 6.16. The number of halogens is 1. The van der Waals surface area contributed by atoms with Crippen molar-refractivity contribution in [3.8, 4) is 11.3 Å². The molecule has 1 amide bonds. The van der Waals surface area contributed by atoms with Crippen molar-refractivity contribution in [1.29, 1.82) is 0 Å². The number of carbonyl (C=O) groups excluding carboxylic acids is 1. The van der Waals surface area contributed by atoms with Crippen molar-refractivity contribution in [2.45, 2.75) is 20.8 Å². The highest BCUT2D eigenvalue weighted by molar-refractivity contribution is 6.13. The van der Waals surface area contributed by atoms with Crippen LogP contribution in [0.3, 0.4) is 0 Å².